The van der Waals surface area contributed by atoms with Crippen molar-refractivity contribution in [1.29, 1.82) is 0 Å². The fourth-order valence-electron chi connectivity index (χ4n) is 3.32. The van der Waals surface area contributed by atoms with Crippen LogP contribution in [0.1, 0.15) is 65.2 Å². The quantitative estimate of drug-likeness (QED) is 0.875. The van der Waals surface area contributed by atoms with Crippen LogP contribution in [0.4, 0.5) is 0 Å². The van der Waals surface area contributed by atoms with E-state index in [0.717, 1.165) is 25.3 Å². The number of aliphatic hydroxyl groups is 1. The fraction of sp³-hybridized carbons (Fsp3) is 0.875. The molecule has 1 N–H and O–H groups in total. The third-order valence-electron chi connectivity index (χ3n) is 5.02. The van der Waals surface area contributed by atoms with Crippen molar-refractivity contribution in [2.45, 2.75) is 77.5 Å². The van der Waals surface area contributed by atoms with Crippen LogP contribution in [0.3, 0.4) is 0 Å². The summed E-state index contributed by atoms with van der Waals surface area (Å²) >= 11 is 0. The second kappa shape index (κ2) is 6.88. The van der Waals surface area contributed by atoms with Gasteiger partial charge in [0, 0.05) is 18.0 Å². The van der Waals surface area contributed by atoms with Crippen LogP contribution in [0.15, 0.2) is 6.33 Å². The molecule has 0 bridgehead atoms. The van der Waals surface area contributed by atoms with Gasteiger partial charge in [0.15, 0.2) is 0 Å². The maximum absolute atomic E-state index is 10.9. The second-order valence-corrected chi connectivity index (χ2v) is 6.69. The minimum absolute atomic E-state index is 0.172. The predicted octanol–water partition coefficient (Wildman–Crippen LogP) is 2.42. The molecule has 2 unspecified atom stereocenters. The lowest BCUT2D eigenvalue weighted by atomic mass is 9.85. The smallest absolute Gasteiger partial charge is 0.138 e. The summed E-state index contributed by atoms with van der Waals surface area (Å²) in [5.74, 6) is 0.884. The molecule has 21 heavy (non-hydrogen) atoms. The van der Waals surface area contributed by atoms with Crippen LogP contribution in [0.5, 0.6) is 0 Å². The largest absolute Gasteiger partial charge is 0.391 e. The molecule has 120 valence electrons. The van der Waals surface area contributed by atoms with Crippen molar-refractivity contribution in [3.8, 4) is 0 Å². The molecule has 1 aliphatic rings. The molecule has 0 aliphatic carbocycles. The third-order valence-corrected chi connectivity index (χ3v) is 5.02. The molecule has 2 atom stereocenters. The van der Waals surface area contributed by atoms with Crippen molar-refractivity contribution < 1.29 is 5.11 Å². The Morgan fingerprint density at radius 1 is 1.29 bits per heavy atom. The number of aliphatic hydroxyl groups excluding tert-OH is 1. The Labute approximate surface area is 128 Å². The summed E-state index contributed by atoms with van der Waals surface area (Å²) < 4.78 is 1.91. The summed E-state index contributed by atoms with van der Waals surface area (Å²) in [6.45, 7) is 10.7. The highest BCUT2D eigenvalue weighted by Gasteiger charge is 2.38. The van der Waals surface area contributed by atoms with Crippen molar-refractivity contribution in [1.82, 2.24) is 19.7 Å². The van der Waals surface area contributed by atoms with Crippen LogP contribution in [0.2, 0.25) is 0 Å². The van der Waals surface area contributed by atoms with Gasteiger partial charge in [0.05, 0.1) is 6.10 Å². The molecule has 1 aromatic rings. The monoisotopic (exact) mass is 294 g/mol. The molecule has 0 radical (unpaired) electrons. The minimum Gasteiger partial charge on any atom is -0.391 e. The summed E-state index contributed by atoms with van der Waals surface area (Å²) in [7, 11) is 0. The number of hydrogen-bond donors (Lipinski definition) is 1. The highest BCUT2D eigenvalue weighted by Crippen LogP contribution is 2.29. The first-order valence-electron chi connectivity index (χ1n) is 8.30. The summed E-state index contributed by atoms with van der Waals surface area (Å²) in [5, 5.41) is 15.1. The Balaban J connectivity index is 2.12. The standard InChI is InChI=1S/C16H30N4O/c1-5-16(4,19-9-7-6-8-10-19)14(21)11-15-17-12-18-20(15)13(2)3/h12-14,21H,5-11H2,1-4H3. The van der Waals surface area contributed by atoms with Gasteiger partial charge in [0.2, 0.25) is 0 Å². The first kappa shape index (κ1) is 16.4. The Bertz CT molecular complexity index is 439. The van der Waals surface area contributed by atoms with Crippen molar-refractivity contribution in [2.75, 3.05) is 13.1 Å². The van der Waals surface area contributed by atoms with Crippen LogP contribution in [-0.2, 0) is 6.42 Å². The molecule has 0 spiro atoms. The van der Waals surface area contributed by atoms with Gasteiger partial charge in [0.25, 0.3) is 0 Å². The Morgan fingerprint density at radius 3 is 2.52 bits per heavy atom. The van der Waals surface area contributed by atoms with Gasteiger partial charge in [0.1, 0.15) is 12.2 Å². The first-order valence-corrected chi connectivity index (χ1v) is 8.30. The van der Waals surface area contributed by atoms with Crippen LogP contribution in [-0.4, -0.2) is 49.5 Å². The first-order chi connectivity index (χ1) is 9.99. The molecular weight excluding hydrogens is 264 g/mol. The normalized spacial score (nSPS) is 21.4. The van der Waals surface area contributed by atoms with Gasteiger partial charge in [-0.1, -0.05) is 13.3 Å². The van der Waals surface area contributed by atoms with E-state index in [0.29, 0.717) is 6.42 Å². The molecule has 0 amide bonds. The fourth-order valence-corrected chi connectivity index (χ4v) is 3.32. The minimum atomic E-state index is -0.415. The van der Waals surface area contributed by atoms with Gasteiger partial charge >= 0.3 is 0 Å². The summed E-state index contributed by atoms with van der Waals surface area (Å²) in [6.07, 6.45) is 6.49. The van der Waals surface area contributed by atoms with E-state index in [4.69, 9.17) is 0 Å². The molecule has 2 rings (SSSR count). The van der Waals surface area contributed by atoms with E-state index in [1.165, 1.54) is 19.3 Å². The number of rotatable bonds is 6. The van der Waals surface area contributed by atoms with Crippen molar-refractivity contribution >= 4 is 0 Å². The van der Waals surface area contributed by atoms with Crippen molar-refractivity contribution in [3.05, 3.63) is 12.2 Å². The SMILES string of the molecule is CCC(C)(C(O)Cc1ncnn1C(C)C)N1CCCCC1. The van der Waals surface area contributed by atoms with Gasteiger partial charge < -0.3 is 5.11 Å². The lowest BCUT2D eigenvalue weighted by molar-refractivity contribution is -0.0341. The van der Waals surface area contributed by atoms with Gasteiger partial charge in [-0.3, -0.25) is 4.90 Å². The van der Waals surface area contributed by atoms with Crippen LogP contribution < -0.4 is 0 Å². The number of hydrogen-bond acceptors (Lipinski definition) is 4. The number of aromatic nitrogens is 3. The topological polar surface area (TPSA) is 54.2 Å². The Hall–Kier alpha value is -0.940. The second-order valence-electron chi connectivity index (χ2n) is 6.69. The molecule has 0 saturated carbocycles. The zero-order valence-corrected chi connectivity index (χ0v) is 13.9. The zero-order chi connectivity index (χ0) is 15.5. The van der Waals surface area contributed by atoms with Crippen LogP contribution >= 0.6 is 0 Å². The van der Waals surface area contributed by atoms with E-state index >= 15 is 0 Å². The maximum atomic E-state index is 10.9. The number of piperidine rings is 1. The van der Waals surface area contributed by atoms with Gasteiger partial charge in [-0.2, -0.15) is 5.10 Å². The van der Waals surface area contributed by atoms with E-state index in [9.17, 15) is 5.11 Å². The highest BCUT2D eigenvalue weighted by molar-refractivity contribution is 4.99. The molecule has 5 nitrogen and oxygen atoms in total. The zero-order valence-electron chi connectivity index (χ0n) is 13.9. The predicted molar refractivity (Wildman–Crippen MR) is 84.2 cm³/mol. The molecule has 5 heteroatoms. The molecule has 0 aromatic carbocycles. The highest BCUT2D eigenvalue weighted by atomic mass is 16.3. The van der Waals surface area contributed by atoms with Gasteiger partial charge in [-0.25, -0.2) is 9.67 Å². The van der Waals surface area contributed by atoms with E-state index < -0.39 is 6.10 Å². The molecule has 1 saturated heterocycles. The van der Waals surface area contributed by atoms with E-state index in [2.05, 4.69) is 42.7 Å². The average molecular weight is 294 g/mol. The maximum Gasteiger partial charge on any atom is 0.138 e. The molecule has 2 heterocycles. The molecule has 1 fully saturated rings. The van der Waals surface area contributed by atoms with E-state index in [1.807, 2.05) is 4.68 Å². The summed E-state index contributed by atoms with van der Waals surface area (Å²) in [5.41, 5.74) is -0.172. The number of nitrogens with zero attached hydrogens (tertiary/aromatic N) is 4. The summed E-state index contributed by atoms with van der Waals surface area (Å²) in [6, 6.07) is 0.276. The average Bonchev–Trinajstić information content (AvgIpc) is 2.95. The molecule has 1 aromatic heterocycles. The van der Waals surface area contributed by atoms with E-state index in [-0.39, 0.29) is 11.6 Å². The van der Waals surface area contributed by atoms with E-state index in [1.54, 1.807) is 6.33 Å². The number of likely N-dealkylation sites (tertiary alicyclic amines) is 1. The van der Waals surface area contributed by atoms with Gasteiger partial charge in [-0.15, -0.1) is 0 Å². The lowest BCUT2D eigenvalue weighted by Crippen LogP contribution is -2.56. The van der Waals surface area contributed by atoms with Crippen molar-refractivity contribution in [2.24, 2.45) is 0 Å². The molecule has 1 aliphatic heterocycles. The molecular formula is C16H30N4O. The Morgan fingerprint density at radius 2 is 1.95 bits per heavy atom. The van der Waals surface area contributed by atoms with Crippen LogP contribution in [0.25, 0.3) is 0 Å². The third kappa shape index (κ3) is 3.46. The summed E-state index contributed by atoms with van der Waals surface area (Å²) in [4.78, 5) is 6.81. The van der Waals surface area contributed by atoms with Crippen LogP contribution in [0, 0.1) is 0 Å². The van der Waals surface area contributed by atoms with Crippen molar-refractivity contribution in [3.63, 3.8) is 0 Å². The lowest BCUT2D eigenvalue weighted by Gasteiger charge is -2.46. The van der Waals surface area contributed by atoms with Gasteiger partial charge in [-0.05, 0) is 53.1 Å². The Kier molecular flexibility index (Phi) is 5.38.